The SMILES string of the molecule is CCNC(=O)[C@@H]1C[C@H](c2ccccc2)CN(C(=O)c2ccoc2)C1. The molecule has 1 fully saturated rings. The van der Waals surface area contributed by atoms with Crippen LogP contribution in [0, 0.1) is 5.92 Å². The Balaban J connectivity index is 1.83. The van der Waals surface area contributed by atoms with Gasteiger partial charge in [0.2, 0.25) is 5.91 Å². The zero-order valence-corrected chi connectivity index (χ0v) is 13.8. The molecule has 126 valence electrons. The van der Waals surface area contributed by atoms with E-state index in [1.807, 2.05) is 25.1 Å². The number of carbonyl (C=O) groups excluding carboxylic acids is 2. The highest BCUT2D eigenvalue weighted by molar-refractivity contribution is 5.94. The lowest BCUT2D eigenvalue weighted by atomic mass is 9.84. The number of rotatable bonds is 4. The third-order valence-corrected chi connectivity index (χ3v) is 4.50. The molecule has 1 aromatic heterocycles. The Morgan fingerprint density at radius 2 is 2.00 bits per heavy atom. The number of hydrogen-bond acceptors (Lipinski definition) is 3. The second kappa shape index (κ2) is 7.34. The number of hydrogen-bond donors (Lipinski definition) is 1. The molecule has 3 rings (SSSR count). The first kappa shape index (κ1) is 16.3. The quantitative estimate of drug-likeness (QED) is 0.939. The van der Waals surface area contributed by atoms with Crippen molar-refractivity contribution in [3.63, 3.8) is 0 Å². The van der Waals surface area contributed by atoms with Crippen LogP contribution in [0.1, 0.15) is 35.2 Å². The van der Waals surface area contributed by atoms with Gasteiger partial charge in [0.25, 0.3) is 5.91 Å². The van der Waals surface area contributed by atoms with E-state index in [4.69, 9.17) is 4.42 Å². The Bertz CT molecular complexity index is 682. The fourth-order valence-corrected chi connectivity index (χ4v) is 3.31. The number of nitrogens with one attached hydrogen (secondary N) is 1. The summed E-state index contributed by atoms with van der Waals surface area (Å²) in [6.45, 7) is 3.56. The van der Waals surface area contributed by atoms with Crippen LogP contribution in [0.15, 0.2) is 53.3 Å². The van der Waals surface area contributed by atoms with Gasteiger partial charge in [0.1, 0.15) is 6.26 Å². The third kappa shape index (κ3) is 3.50. The number of amides is 2. The molecule has 2 heterocycles. The van der Waals surface area contributed by atoms with Gasteiger partial charge in [-0.15, -0.1) is 0 Å². The van der Waals surface area contributed by atoms with Gasteiger partial charge in [0.15, 0.2) is 0 Å². The molecule has 0 saturated carbocycles. The van der Waals surface area contributed by atoms with Gasteiger partial charge in [-0.05, 0) is 25.0 Å². The minimum atomic E-state index is -0.195. The number of furan rings is 1. The summed E-state index contributed by atoms with van der Waals surface area (Å²) in [4.78, 5) is 26.8. The average molecular weight is 326 g/mol. The molecular formula is C19H22N2O3. The average Bonchev–Trinajstić information content (AvgIpc) is 3.16. The van der Waals surface area contributed by atoms with E-state index in [1.54, 1.807) is 11.0 Å². The molecule has 0 unspecified atom stereocenters. The zero-order valence-electron chi connectivity index (χ0n) is 13.8. The molecule has 5 nitrogen and oxygen atoms in total. The predicted octanol–water partition coefficient (Wildman–Crippen LogP) is 2.66. The Hall–Kier alpha value is -2.56. The highest BCUT2D eigenvalue weighted by Gasteiger charge is 2.34. The van der Waals surface area contributed by atoms with Crippen molar-refractivity contribution < 1.29 is 14.0 Å². The molecule has 24 heavy (non-hydrogen) atoms. The first-order valence-electron chi connectivity index (χ1n) is 8.33. The summed E-state index contributed by atoms with van der Waals surface area (Å²) in [5, 5.41) is 2.89. The minimum absolute atomic E-state index is 0.0168. The van der Waals surface area contributed by atoms with Crippen molar-refractivity contribution in [2.75, 3.05) is 19.6 Å². The van der Waals surface area contributed by atoms with Crippen molar-refractivity contribution in [1.29, 1.82) is 0 Å². The van der Waals surface area contributed by atoms with Crippen molar-refractivity contribution in [1.82, 2.24) is 10.2 Å². The fraction of sp³-hybridized carbons (Fsp3) is 0.368. The normalized spacial score (nSPS) is 20.6. The molecule has 1 aliphatic heterocycles. The Labute approximate surface area is 141 Å². The van der Waals surface area contributed by atoms with Crippen LogP contribution >= 0.6 is 0 Å². The maximum absolute atomic E-state index is 12.7. The van der Waals surface area contributed by atoms with Gasteiger partial charge in [-0.3, -0.25) is 9.59 Å². The van der Waals surface area contributed by atoms with Crippen LogP contribution in [0.2, 0.25) is 0 Å². The van der Waals surface area contributed by atoms with Crippen LogP contribution in [0.25, 0.3) is 0 Å². The number of likely N-dealkylation sites (tertiary alicyclic amines) is 1. The summed E-state index contributed by atoms with van der Waals surface area (Å²) < 4.78 is 5.02. The van der Waals surface area contributed by atoms with Crippen LogP contribution in [-0.4, -0.2) is 36.3 Å². The predicted molar refractivity (Wildman–Crippen MR) is 90.6 cm³/mol. The maximum atomic E-state index is 12.7. The lowest BCUT2D eigenvalue weighted by molar-refractivity contribution is -0.126. The van der Waals surface area contributed by atoms with Crippen LogP contribution in [0.4, 0.5) is 0 Å². The largest absolute Gasteiger partial charge is 0.472 e. The highest BCUT2D eigenvalue weighted by atomic mass is 16.3. The molecule has 0 aliphatic carbocycles. The lowest BCUT2D eigenvalue weighted by Gasteiger charge is -2.37. The van der Waals surface area contributed by atoms with Gasteiger partial charge in [0.05, 0.1) is 17.7 Å². The molecule has 1 aromatic carbocycles. The second-order valence-electron chi connectivity index (χ2n) is 6.16. The van der Waals surface area contributed by atoms with Crippen LogP contribution < -0.4 is 5.32 Å². The van der Waals surface area contributed by atoms with Crippen LogP contribution in [0.3, 0.4) is 0 Å². The van der Waals surface area contributed by atoms with E-state index in [0.717, 1.165) is 12.0 Å². The first-order chi connectivity index (χ1) is 11.7. The molecule has 0 spiro atoms. The number of nitrogens with zero attached hydrogens (tertiary/aromatic N) is 1. The highest BCUT2D eigenvalue weighted by Crippen LogP contribution is 2.31. The van der Waals surface area contributed by atoms with Gasteiger partial charge < -0.3 is 14.6 Å². The maximum Gasteiger partial charge on any atom is 0.257 e. The van der Waals surface area contributed by atoms with Gasteiger partial charge in [-0.25, -0.2) is 0 Å². The van der Waals surface area contributed by atoms with Crippen LogP contribution in [-0.2, 0) is 4.79 Å². The Kier molecular flexibility index (Phi) is 4.99. The van der Waals surface area contributed by atoms with E-state index >= 15 is 0 Å². The molecule has 2 aromatic rings. The van der Waals surface area contributed by atoms with E-state index in [-0.39, 0.29) is 23.7 Å². The summed E-state index contributed by atoms with van der Waals surface area (Å²) in [5.41, 5.74) is 1.69. The molecule has 2 amide bonds. The van der Waals surface area contributed by atoms with Gasteiger partial charge in [-0.1, -0.05) is 30.3 Å². The zero-order chi connectivity index (χ0) is 16.9. The van der Waals surface area contributed by atoms with E-state index in [9.17, 15) is 9.59 Å². The summed E-state index contributed by atoms with van der Waals surface area (Å²) in [6, 6.07) is 11.7. The van der Waals surface area contributed by atoms with E-state index < -0.39 is 0 Å². The molecule has 1 N–H and O–H groups in total. The first-order valence-corrected chi connectivity index (χ1v) is 8.33. The van der Waals surface area contributed by atoms with Crippen molar-refractivity contribution in [2.24, 2.45) is 5.92 Å². The van der Waals surface area contributed by atoms with Crippen molar-refractivity contribution in [3.05, 3.63) is 60.1 Å². The summed E-state index contributed by atoms with van der Waals surface area (Å²) in [6.07, 6.45) is 3.70. The molecular weight excluding hydrogens is 304 g/mol. The van der Waals surface area contributed by atoms with Gasteiger partial charge in [-0.2, -0.15) is 0 Å². The molecule has 1 saturated heterocycles. The Morgan fingerprint density at radius 1 is 1.21 bits per heavy atom. The van der Waals surface area contributed by atoms with Crippen molar-refractivity contribution in [3.8, 4) is 0 Å². The Morgan fingerprint density at radius 3 is 2.67 bits per heavy atom. The third-order valence-electron chi connectivity index (χ3n) is 4.50. The van der Waals surface area contributed by atoms with Gasteiger partial charge >= 0.3 is 0 Å². The molecule has 2 atom stereocenters. The molecule has 0 radical (unpaired) electrons. The summed E-state index contributed by atoms with van der Waals surface area (Å²) in [5.74, 6) is -0.107. The number of piperidine rings is 1. The van der Waals surface area contributed by atoms with E-state index in [0.29, 0.717) is 25.2 Å². The van der Waals surface area contributed by atoms with Crippen molar-refractivity contribution in [2.45, 2.75) is 19.3 Å². The van der Waals surface area contributed by atoms with E-state index in [2.05, 4.69) is 17.4 Å². The smallest absolute Gasteiger partial charge is 0.257 e. The molecule has 0 bridgehead atoms. The minimum Gasteiger partial charge on any atom is -0.472 e. The number of benzene rings is 1. The summed E-state index contributed by atoms with van der Waals surface area (Å²) >= 11 is 0. The molecule has 5 heteroatoms. The lowest BCUT2D eigenvalue weighted by Crippen LogP contribution is -2.48. The second-order valence-corrected chi connectivity index (χ2v) is 6.16. The van der Waals surface area contributed by atoms with Crippen LogP contribution in [0.5, 0.6) is 0 Å². The summed E-state index contributed by atoms with van der Waals surface area (Å²) in [7, 11) is 0. The molecule has 1 aliphatic rings. The van der Waals surface area contributed by atoms with Crippen molar-refractivity contribution >= 4 is 11.8 Å². The topological polar surface area (TPSA) is 62.6 Å². The monoisotopic (exact) mass is 326 g/mol. The fourth-order valence-electron chi connectivity index (χ4n) is 3.31. The van der Waals surface area contributed by atoms with Gasteiger partial charge in [0, 0.05) is 25.6 Å². The van der Waals surface area contributed by atoms with E-state index in [1.165, 1.54) is 12.5 Å². The number of carbonyl (C=O) groups is 2. The standard InChI is InChI=1S/C19H22N2O3/c1-2-20-18(22)17-10-16(14-6-4-3-5-7-14)11-21(12-17)19(23)15-8-9-24-13-15/h3-9,13,16-17H,2,10-12H2,1H3,(H,20,22)/t16-,17+/m0/s1.